The van der Waals surface area contributed by atoms with Gasteiger partial charge in [0.2, 0.25) is 5.91 Å². The van der Waals surface area contributed by atoms with Crippen molar-refractivity contribution in [3.05, 3.63) is 101 Å². The number of nitrogens with one attached hydrogen (secondary N) is 1. The van der Waals surface area contributed by atoms with Gasteiger partial charge in [-0.3, -0.25) is 9.59 Å². The molecule has 3 aliphatic heterocycles. The fourth-order valence-corrected chi connectivity index (χ4v) is 5.70. The van der Waals surface area contributed by atoms with Crippen LogP contribution in [0.25, 0.3) is 0 Å². The number of fused-ring (bicyclic) bond motifs is 8. The largest absolute Gasteiger partial charge is 0.493 e. The Bertz CT molecular complexity index is 1660. The summed E-state index contributed by atoms with van der Waals surface area (Å²) in [6.45, 7) is 1.32. The number of aromatic nitrogens is 2. The number of carbonyl (C=O) groups is 2. The highest BCUT2D eigenvalue weighted by Gasteiger charge is 2.35. The Labute approximate surface area is 255 Å². The number of benzene rings is 3. The van der Waals surface area contributed by atoms with Gasteiger partial charge in [-0.15, -0.1) is 5.10 Å². The molecular weight excluding hydrogens is 560 g/mol. The van der Waals surface area contributed by atoms with E-state index in [2.05, 4.69) is 15.5 Å². The number of carbonyl (C=O) groups excluding carboxylic acids is 2. The Morgan fingerprint density at radius 1 is 0.955 bits per heavy atom. The molecule has 8 bridgehead atoms. The zero-order chi connectivity index (χ0) is 30.5. The summed E-state index contributed by atoms with van der Waals surface area (Å²) in [5.74, 6) is 2.63. The molecule has 10 heteroatoms. The predicted octanol–water partition coefficient (Wildman–Crippen LogP) is 4.91. The Morgan fingerprint density at radius 3 is 2.66 bits per heavy atom. The van der Waals surface area contributed by atoms with Crippen molar-refractivity contribution in [2.24, 2.45) is 0 Å². The van der Waals surface area contributed by atoms with Gasteiger partial charge in [0.15, 0.2) is 28.7 Å². The first kappa shape index (κ1) is 29.0. The second-order valence-corrected chi connectivity index (χ2v) is 10.7. The van der Waals surface area contributed by atoms with Crippen molar-refractivity contribution in [1.82, 2.24) is 20.4 Å². The minimum absolute atomic E-state index is 0.0231. The number of amides is 2. The topological polar surface area (TPSA) is 112 Å². The van der Waals surface area contributed by atoms with Crippen LogP contribution in [0.2, 0.25) is 0 Å². The van der Waals surface area contributed by atoms with Gasteiger partial charge >= 0.3 is 0 Å². The van der Waals surface area contributed by atoms with Gasteiger partial charge in [-0.1, -0.05) is 18.2 Å². The van der Waals surface area contributed by atoms with E-state index in [0.29, 0.717) is 74.1 Å². The maximum Gasteiger partial charge on any atom is 0.275 e. The molecule has 3 aromatic carbocycles. The van der Waals surface area contributed by atoms with Gasteiger partial charge < -0.3 is 29.2 Å². The highest BCUT2D eigenvalue weighted by Crippen LogP contribution is 2.44. The van der Waals surface area contributed by atoms with Gasteiger partial charge in [-0.25, -0.2) is 0 Å². The van der Waals surface area contributed by atoms with E-state index in [1.165, 1.54) is 0 Å². The molecule has 10 nitrogen and oxygen atoms in total. The van der Waals surface area contributed by atoms with Gasteiger partial charge in [0.1, 0.15) is 5.75 Å². The van der Waals surface area contributed by atoms with Crippen LogP contribution in [0.5, 0.6) is 28.7 Å². The molecule has 0 spiro atoms. The van der Waals surface area contributed by atoms with E-state index in [9.17, 15) is 9.59 Å². The number of ether oxygens (including phenoxy) is 4. The van der Waals surface area contributed by atoms with Gasteiger partial charge in [-0.05, 0) is 90.0 Å². The van der Waals surface area contributed by atoms with Crippen molar-refractivity contribution >= 4 is 11.8 Å². The van der Waals surface area contributed by atoms with Gasteiger partial charge in [0.05, 0.1) is 26.9 Å². The van der Waals surface area contributed by atoms with Gasteiger partial charge in [-0.2, -0.15) is 5.10 Å². The van der Waals surface area contributed by atoms with Crippen molar-refractivity contribution in [3.8, 4) is 28.7 Å². The number of nitrogens with zero attached hydrogens (tertiary/aromatic N) is 3. The molecule has 0 saturated heterocycles. The first-order chi connectivity index (χ1) is 21.5. The molecule has 4 heterocycles. The van der Waals surface area contributed by atoms with Crippen molar-refractivity contribution in [2.45, 2.75) is 31.7 Å². The van der Waals surface area contributed by atoms with Crippen LogP contribution in [-0.4, -0.2) is 60.8 Å². The highest BCUT2D eigenvalue weighted by atomic mass is 16.5. The summed E-state index contributed by atoms with van der Waals surface area (Å²) in [5.41, 5.74) is 4.05. The smallest absolute Gasteiger partial charge is 0.275 e. The normalized spacial score (nSPS) is 16.6. The third-order valence-electron chi connectivity index (χ3n) is 7.88. The lowest BCUT2D eigenvalue weighted by molar-refractivity contribution is -0.121. The maximum absolute atomic E-state index is 13.9. The second kappa shape index (κ2) is 13.0. The molecule has 44 heavy (non-hydrogen) atoms. The van der Waals surface area contributed by atoms with Crippen LogP contribution < -0.4 is 24.3 Å². The quantitative estimate of drug-likeness (QED) is 0.356. The van der Waals surface area contributed by atoms with Crippen molar-refractivity contribution in [1.29, 1.82) is 0 Å². The van der Waals surface area contributed by atoms with Crippen LogP contribution in [0.1, 0.15) is 51.6 Å². The summed E-state index contributed by atoms with van der Waals surface area (Å²) < 4.78 is 24.0. The number of hydrogen-bond donors (Lipinski definition) is 1. The number of methoxy groups -OCH3 is 2. The molecule has 2 amide bonds. The fourth-order valence-electron chi connectivity index (χ4n) is 5.70. The molecule has 0 radical (unpaired) electrons. The Kier molecular flexibility index (Phi) is 8.58. The number of aryl methyl sites for hydroxylation is 1. The summed E-state index contributed by atoms with van der Waals surface area (Å²) >= 11 is 0. The van der Waals surface area contributed by atoms with E-state index in [4.69, 9.17) is 18.9 Å². The summed E-state index contributed by atoms with van der Waals surface area (Å²) in [4.78, 5) is 28.2. The summed E-state index contributed by atoms with van der Waals surface area (Å²) in [7, 11) is 3.19. The van der Waals surface area contributed by atoms with Crippen LogP contribution in [0.15, 0.2) is 72.9 Å². The van der Waals surface area contributed by atoms with Crippen molar-refractivity contribution in [3.63, 3.8) is 0 Å². The lowest BCUT2D eigenvalue weighted by Crippen LogP contribution is -2.41. The maximum atomic E-state index is 13.9. The second-order valence-electron chi connectivity index (χ2n) is 10.7. The van der Waals surface area contributed by atoms with E-state index >= 15 is 0 Å². The summed E-state index contributed by atoms with van der Waals surface area (Å²) in [5, 5.41) is 11.0. The van der Waals surface area contributed by atoms with E-state index in [0.717, 1.165) is 22.3 Å². The zero-order valence-corrected chi connectivity index (χ0v) is 24.7. The molecule has 1 N–H and O–H groups in total. The Balaban J connectivity index is 1.47. The molecule has 0 fully saturated rings. The van der Waals surface area contributed by atoms with E-state index in [-0.39, 0.29) is 17.5 Å². The highest BCUT2D eigenvalue weighted by molar-refractivity contribution is 5.93. The lowest BCUT2D eigenvalue weighted by Gasteiger charge is -2.38. The van der Waals surface area contributed by atoms with Crippen LogP contribution in [-0.2, 0) is 17.6 Å². The number of hydrogen-bond acceptors (Lipinski definition) is 8. The Hall–Kier alpha value is -5.12. The van der Waals surface area contributed by atoms with Gasteiger partial charge in [0.25, 0.3) is 5.91 Å². The molecule has 0 saturated carbocycles. The minimum atomic E-state index is -0.474. The average Bonchev–Trinajstić information content (AvgIpc) is 3.06. The monoisotopic (exact) mass is 594 g/mol. The van der Waals surface area contributed by atoms with Crippen LogP contribution in [0, 0.1) is 0 Å². The Morgan fingerprint density at radius 2 is 1.84 bits per heavy atom. The standard InChI is InChI=1S/C34H34N4O6/c1-41-28-11-10-24-20-30(28)43-17-5-14-35-32(39)12-9-22-6-3-7-25(18-22)44-31-19-23-13-16-38(33(24)26(23)21-29(31)42-2)34(40)27-8-4-15-36-37-27/h3-4,6-8,10-11,15,18-21,33H,5,9,12-14,16-17H2,1-2H3,(H,35,39). The molecule has 7 rings (SSSR count). The minimum Gasteiger partial charge on any atom is -0.493 e. The van der Waals surface area contributed by atoms with E-state index in [1.807, 2.05) is 59.5 Å². The molecule has 0 aliphatic carbocycles. The SMILES string of the molecule is COc1ccc2cc1OCCCNC(=O)CCc1cccc(c1)Oc1cc3c(cc1OC)C2N(C(=O)c1cccnn1)CC3. The third kappa shape index (κ3) is 6.15. The molecule has 226 valence electrons. The van der Waals surface area contributed by atoms with Gasteiger partial charge in [0, 0.05) is 25.7 Å². The predicted molar refractivity (Wildman–Crippen MR) is 163 cm³/mol. The fraction of sp³-hybridized carbons (Fsp3) is 0.294. The molecule has 1 aromatic heterocycles. The molecule has 1 unspecified atom stereocenters. The van der Waals surface area contributed by atoms with Crippen LogP contribution in [0.4, 0.5) is 0 Å². The first-order valence-electron chi connectivity index (χ1n) is 14.7. The van der Waals surface area contributed by atoms with E-state index in [1.54, 1.807) is 32.5 Å². The molecule has 3 aliphatic rings. The first-order valence-corrected chi connectivity index (χ1v) is 14.7. The number of rotatable bonds is 3. The molecular formula is C34H34N4O6. The van der Waals surface area contributed by atoms with Crippen LogP contribution >= 0.6 is 0 Å². The van der Waals surface area contributed by atoms with Crippen molar-refractivity contribution < 1.29 is 28.5 Å². The van der Waals surface area contributed by atoms with Crippen LogP contribution in [0.3, 0.4) is 0 Å². The molecule has 1 atom stereocenters. The zero-order valence-electron chi connectivity index (χ0n) is 24.7. The lowest BCUT2D eigenvalue weighted by atomic mass is 9.87. The van der Waals surface area contributed by atoms with Crippen molar-refractivity contribution in [2.75, 3.05) is 33.9 Å². The molecule has 4 aromatic rings. The van der Waals surface area contributed by atoms with E-state index < -0.39 is 6.04 Å². The summed E-state index contributed by atoms with van der Waals surface area (Å²) in [6, 6.07) is 20.3. The average molecular weight is 595 g/mol. The third-order valence-corrected chi connectivity index (χ3v) is 7.88. The summed E-state index contributed by atoms with van der Waals surface area (Å²) in [6.07, 6.45) is 3.72.